The summed E-state index contributed by atoms with van der Waals surface area (Å²) < 4.78 is 11.8. The molecule has 0 saturated heterocycles. The van der Waals surface area contributed by atoms with Crippen LogP contribution < -0.4 is 10.4 Å². The van der Waals surface area contributed by atoms with Gasteiger partial charge in [-0.3, -0.25) is 9.55 Å². The molecule has 0 saturated carbocycles. The van der Waals surface area contributed by atoms with Gasteiger partial charge in [-0.15, -0.1) is 0 Å². The third-order valence-corrected chi connectivity index (χ3v) is 6.95. The first-order valence-corrected chi connectivity index (χ1v) is 11.8. The SMILES string of the molecule is Cc1ccc2c(c1)C=Cc1c(ccc(C)c1C)C2c1cn(Cc2ccc(OC(=O)O)o2)c(=O)[nH]c1=S. The van der Waals surface area contributed by atoms with Crippen LogP contribution >= 0.6 is 12.2 Å². The minimum atomic E-state index is -1.47. The van der Waals surface area contributed by atoms with Gasteiger partial charge in [0.25, 0.3) is 5.95 Å². The number of benzene rings is 2. The van der Waals surface area contributed by atoms with Gasteiger partial charge in [-0.2, -0.15) is 0 Å². The summed E-state index contributed by atoms with van der Waals surface area (Å²) in [5.41, 5.74) is 8.39. The van der Waals surface area contributed by atoms with E-state index in [1.807, 2.05) is 0 Å². The number of H-pyrrole nitrogens is 1. The third kappa shape index (κ3) is 4.31. The van der Waals surface area contributed by atoms with E-state index < -0.39 is 11.8 Å². The van der Waals surface area contributed by atoms with Gasteiger partial charge in [0.15, 0.2) is 0 Å². The van der Waals surface area contributed by atoms with Crippen LogP contribution in [0, 0.1) is 25.4 Å². The van der Waals surface area contributed by atoms with Gasteiger partial charge < -0.3 is 14.3 Å². The van der Waals surface area contributed by atoms with E-state index in [1.54, 1.807) is 12.3 Å². The maximum Gasteiger partial charge on any atom is 0.513 e. The first kappa shape index (κ1) is 23.6. The summed E-state index contributed by atoms with van der Waals surface area (Å²) in [6.45, 7) is 6.35. The number of rotatable bonds is 4. The van der Waals surface area contributed by atoms with Gasteiger partial charge in [0.05, 0.1) is 6.54 Å². The molecule has 4 aromatic rings. The van der Waals surface area contributed by atoms with Crippen LogP contribution in [0.15, 0.2) is 57.9 Å². The van der Waals surface area contributed by atoms with E-state index in [4.69, 9.17) is 21.7 Å². The highest BCUT2D eigenvalue weighted by molar-refractivity contribution is 7.71. The molecule has 1 unspecified atom stereocenters. The van der Waals surface area contributed by atoms with E-state index in [9.17, 15) is 9.59 Å². The summed E-state index contributed by atoms with van der Waals surface area (Å²) in [5.74, 6) is 0.00630. The zero-order chi connectivity index (χ0) is 25.6. The molecule has 2 N–H and O–H groups in total. The Morgan fingerprint density at radius 1 is 1.08 bits per heavy atom. The molecular formula is C28H24N2O5S. The van der Waals surface area contributed by atoms with Crippen molar-refractivity contribution in [3.8, 4) is 5.95 Å². The molecule has 182 valence electrons. The van der Waals surface area contributed by atoms with Crippen molar-refractivity contribution in [1.82, 2.24) is 9.55 Å². The normalized spacial score (nSPS) is 14.1. The molecule has 0 amide bonds. The number of nitrogens with one attached hydrogen (secondary N) is 1. The molecule has 0 bridgehead atoms. The molecule has 2 aromatic heterocycles. The van der Waals surface area contributed by atoms with Crippen LogP contribution in [-0.4, -0.2) is 20.8 Å². The van der Waals surface area contributed by atoms with Crippen LogP contribution in [0.25, 0.3) is 12.2 Å². The molecular weight excluding hydrogens is 476 g/mol. The highest BCUT2D eigenvalue weighted by Crippen LogP contribution is 2.41. The molecule has 8 heteroatoms. The van der Waals surface area contributed by atoms with Gasteiger partial charge in [0, 0.05) is 23.7 Å². The van der Waals surface area contributed by atoms with Crippen molar-refractivity contribution in [2.24, 2.45) is 0 Å². The fourth-order valence-electron chi connectivity index (χ4n) is 4.71. The predicted octanol–water partition coefficient (Wildman–Crippen LogP) is 6.19. The standard InChI is InChI=1S/C28H24N2O5S/c1-15-4-8-21-18(12-15)6-10-20-17(3)16(2)5-9-22(20)25(21)23-14-30(27(31)29-26(23)36)13-19-7-11-24(34-19)35-28(32)33/h4-12,14,25H,13H2,1-3H3,(H,32,33)(H,29,31,36). The molecule has 1 aliphatic rings. The first-order chi connectivity index (χ1) is 17.2. The molecule has 5 rings (SSSR count). The summed E-state index contributed by atoms with van der Waals surface area (Å²) in [7, 11) is 0. The van der Waals surface area contributed by atoms with Crippen molar-refractivity contribution in [2.45, 2.75) is 33.2 Å². The van der Waals surface area contributed by atoms with Crippen molar-refractivity contribution in [3.63, 3.8) is 0 Å². The lowest BCUT2D eigenvalue weighted by atomic mass is 9.81. The number of aromatic nitrogens is 2. The maximum atomic E-state index is 12.8. The van der Waals surface area contributed by atoms with Crippen molar-refractivity contribution in [2.75, 3.05) is 0 Å². The quantitative estimate of drug-likeness (QED) is 0.225. The van der Waals surface area contributed by atoms with Crippen LogP contribution in [0.1, 0.15) is 56.2 Å². The summed E-state index contributed by atoms with van der Waals surface area (Å²) in [5, 5.41) is 8.80. The summed E-state index contributed by atoms with van der Waals surface area (Å²) in [4.78, 5) is 26.4. The Balaban J connectivity index is 1.67. The number of aryl methyl sites for hydroxylation is 2. The lowest BCUT2D eigenvalue weighted by Crippen LogP contribution is -2.25. The van der Waals surface area contributed by atoms with E-state index in [0.717, 1.165) is 33.4 Å². The Bertz CT molecular complexity index is 1660. The Kier molecular flexibility index (Phi) is 5.97. The molecule has 2 heterocycles. The fraction of sp³-hybridized carbons (Fsp3) is 0.179. The smallest absolute Gasteiger partial charge is 0.449 e. The number of aromatic amines is 1. The van der Waals surface area contributed by atoms with E-state index in [0.29, 0.717) is 10.4 Å². The maximum absolute atomic E-state index is 12.8. The third-order valence-electron chi connectivity index (χ3n) is 6.61. The molecule has 0 radical (unpaired) electrons. The number of fused-ring (bicyclic) bond motifs is 2. The summed E-state index contributed by atoms with van der Waals surface area (Å²) in [6.07, 6.45) is 4.59. The van der Waals surface area contributed by atoms with Gasteiger partial charge in [0.1, 0.15) is 10.4 Å². The van der Waals surface area contributed by atoms with Crippen molar-refractivity contribution < 1.29 is 19.1 Å². The first-order valence-electron chi connectivity index (χ1n) is 11.4. The number of hydrogen-bond donors (Lipinski definition) is 2. The van der Waals surface area contributed by atoms with Gasteiger partial charge in [-0.1, -0.05) is 60.3 Å². The highest BCUT2D eigenvalue weighted by atomic mass is 32.1. The van der Waals surface area contributed by atoms with Crippen molar-refractivity contribution in [1.29, 1.82) is 0 Å². The number of hydrogen-bond acceptors (Lipinski definition) is 5. The lowest BCUT2D eigenvalue weighted by molar-refractivity contribution is 0.132. The Hall–Kier alpha value is -4.17. The number of nitrogens with zero attached hydrogens (tertiary/aromatic N) is 1. The monoisotopic (exact) mass is 500 g/mol. The van der Waals surface area contributed by atoms with Crippen LogP contribution in [0.5, 0.6) is 5.95 Å². The van der Waals surface area contributed by atoms with E-state index in [-0.39, 0.29) is 18.4 Å². The van der Waals surface area contributed by atoms with Gasteiger partial charge in [0.2, 0.25) is 0 Å². The van der Waals surface area contributed by atoms with Crippen molar-refractivity contribution in [3.05, 3.63) is 114 Å². The Morgan fingerprint density at radius 2 is 1.86 bits per heavy atom. The van der Waals surface area contributed by atoms with Gasteiger partial charge in [-0.25, -0.2) is 9.59 Å². The lowest BCUT2D eigenvalue weighted by Gasteiger charge is -2.23. The zero-order valence-corrected chi connectivity index (χ0v) is 20.8. The molecule has 1 atom stereocenters. The predicted molar refractivity (Wildman–Crippen MR) is 139 cm³/mol. The molecule has 1 aliphatic carbocycles. The Labute approximate surface area is 212 Å². The van der Waals surface area contributed by atoms with Crippen LogP contribution in [0.4, 0.5) is 4.79 Å². The molecule has 36 heavy (non-hydrogen) atoms. The number of furan rings is 1. The average molecular weight is 501 g/mol. The fourth-order valence-corrected chi connectivity index (χ4v) is 4.97. The highest BCUT2D eigenvalue weighted by Gasteiger charge is 2.26. The number of carboxylic acid groups (broad SMARTS) is 1. The van der Waals surface area contributed by atoms with Crippen LogP contribution in [-0.2, 0) is 6.54 Å². The number of carbonyl (C=O) groups is 1. The van der Waals surface area contributed by atoms with Crippen LogP contribution in [0.3, 0.4) is 0 Å². The van der Waals surface area contributed by atoms with E-state index >= 15 is 0 Å². The van der Waals surface area contributed by atoms with Crippen molar-refractivity contribution >= 4 is 30.5 Å². The Morgan fingerprint density at radius 3 is 2.64 bits per heavy atom. The minimum absolute atomic E-state index is 0.0758. The van der Waals surface area contributed by atoms with Gasteiger partial charge >= 0.3 is 11.8 Å². The van der Waals surface area contributed by atoms with E-state index in [1.165, 1.54) is 21.8 Å². The second-order valence-corrected chi connectivity index (χ2v) is 9.38. The summed E-state index contributed by atoms with van der Waals surface area (Å²) in [6, 6.07) is 13.6. The second-order valence-electron chi connectivity index (χ2n) is 8.97. The topological polar surface area (TPSA) is 97.5 Å². The van der Waals surface area contributed by atoms with E-state index in [2.05, 4.69) is 73.0 Å². The molecule has 2 aromatic carbocycles. The summed E-state index contributed by atoms with van der Waals surface area (Å²) >= 11 is 5.68. The molecule has 0 spiro atoms. The largest absolute Gasteiger partial charge is 0.513 e. The minimum Gasteiger partial charge on any atom is -0.449 e. The molecule has 7 nitrogen and oxygen atoms in total. The van der Waals surface area contributed by atoms with Crippen LogP contribution in [0.2, 0.25) is 0 Å². The second kappa shape index (κ2) is 9.13. The zero-order valence-electron chi connectivity index (χ0n) is 20.0. The molecule has 0 aliphatic heterocycles. The van der Waals surface area contributed by atoms with Gasteiger partial charge in [-0.05, 0) is 60.2 Å². The average Bonchev–Trinajstić information content (AvgIpc) is 3.18. The molecule has 0 fully saturated rings. The number of ether oxygens (including phenoxy) is 1.